The molecule has 0 aromatic heterocycles. The van der Waals surface area contributed by atoms with Crippen LogP contribution in [0.5, 0.6) is 0 Å². The van der Waals surface area contributed by atoms with E-state index in [9.17, 15) is 8.42 Å². The molecule has 13 heavy (non-hydrogen) atoms. The Morgan fingerprint density at radius 2 is 2.08 bits per heavy atom. The monoisotopic (exact) mass is 200 g/mol. The molecule has 0 fully saturated rings. The first-order valence-corrected chi connectivity index (χ1v) is 5.11. The summed E-state index contributed by atoms with van der Waals surface area (Å²) in [5, 5.41) is 0. The zero-order chi connectivity index (χ0) is 10.1. The third-order valence-electron chi connectivity index (χ3n) is 1.73. The smallest absolute Gasteiger partial charge is 0.282 e. The Bertz CT molecular complexity index is 411. The largest absolute Gasteiger partial charge is 0.294 e. The summed E-state index contributed by atoms with van der Waals surface area (Å²) < 4.78 is 30.4. The Morgan fingerprint density at radius 3 is 2.54 bits per heavy atom. The Kier molecular flexibility index (Phi) is 2.70. The molecule has 1 radical (unpaired) electrons. The topological polar surface area (TPSA) is 78.2 Å². The van der Waals surface area contributed by atoms with E-state index in [1.165, 1.54) is 6.07 Å². The molecular weight excluding hydrogens is 190 g/mol. The van der Waals surface area contributed by atoms with E-state index in [0.29, 0.717) is 11.1 Å². The minimum Gasteiger partial charge on any atom is -0.282 e. The fraction of sp³-hybridized carbons (Fsp3) is 0.250. The van der Waals surface area contributed by atoms with Gasteiger partial charge in [0.1, 0.15) is 0 Å². The lowest BCUT2D eigenvalue weighted by molar-refractivity contribution is 0.482. The lowest BCUT2D eigenvalue weighted by Crippen LogP contribution is -2.02. The quantitative estimate of drug-likeness (QED) is 0.724. The fourth-order valence-corrected chi connectivity index (χ4v) is 1.81. The van der Waals surface area contributed by atoms with Gasteiger partial charge in [0.15, 0.2) is 0 Å². The summed E-state index contributed by atoms with van der Waals surface area (Å²) in [4.78, 5) is -0.114. The zero-order valence-corrected chi connectivity index (χ0v) is 7.93. The van der Waals surface area contributed by atoms with Crippen molar-refractivity contribution in [2.45, 2.75) is 18.4 Å². The maximum atomic E-state index is 10.8. The normalized spacial score (nSPS) is 11.6. The van der Waals surface area contributed by atoms with Gasteiger partial charge in [0.05, 0.1) is 4.90 Å². The zero-order valence-electron chi connectivity index (χ0n) is 7.11. The summed E-state index contributed by atoms with van der Waals surface area (Å²) in [7, 11) is -4.15. The fourth-order valence-electron chi connectivity index (χ4n) is 1.03. The van der Waals surface area contributed by atoms with Gasteiger partial charge in [-0.25, -0.2) is 0 Å². The molecule has 1 aromatic carbocycles. The number of hydrogen-bond donors (Lipinski definition) is 1. The van der Waals surface area contributed by atoms with Crippen LogP contribution in [0, 0.1) is 6.92 Å². The molecule has 0 amide bonds. The summed E-state index contributed by atoms with van der Waals surface area (Å²) in [5.41, 5.74) is 8.09. The van der Waals surface area contributed by atoms with Gasteiger partial charge in [-0.2, -0.15) is 8.42 Å². The second-order valence-electron chi connectivity index (χ2n) is 2.75. The van der Waals surface area contributed by atoms with Gasteiger partial charge in [-0.1, -0.05) is 12.1 Å². The molecule has 0 bridgehead atoms. The lowest BCUT2D eigenvalue weighted by atomic mass is 10.1. The van der Waals surface area contributed by atoms with E-state index in [1.807, 2.05) is 0 Å². The molecule has 1 rings (SSSR count). The van der Waals surface area contributed by atoms with Crippen LogP contribution in [-0.2, 0) is 16.7 Å². The number of hydrogen-bond acceptors (Lipinski definition) is 2. The van der Waals surface area contributed by atoms with Crippen molar-refractivity contribution in [3.63, 3.8) is 0 Å². The first-order chi connectivity index (χ1) is 5.95. The van der Waals surface area contributed by atoms with Crippen LogP contribution in [-0.4, -0.2) is 13.0 Å². The number of aryl methyl sites for hydroxylation is 1. The number of benzene rings is 1. The highest BCUT2D eigenvalue weighted by Crippen LogP contribution is 2.16. The first kappa shape index (κ1) is 10.2. The molecule has 0 unspecified atom stereocenters. The van der Waals surface area contributed by atoms with Crippen molar-refractivity contribution in [2.75, 3.05) is 0 Å². The van der Waals surface area contributed by atoms with Gasteiger partial charge in [-0.05, 0) is 24.1 Å². The molecule has 5 heteroatoms. The van der Waals surface area contributed by atoms with Crippen LogP contribution in [0.3, 0.4) is 0 Å². The van der Waals surface area contributed by atoms with Crippen LogP contribution >= 0.6 is 0 Å². The number of rotatable bonds is 2. The second-order valence-corrected chi connectivity index (χ2v) is 4.14. The van der Waals surface area contributed by atoms with E-state index < -0.39 is 10.1 Å². The summed E-state index contributed by atoms with van der Waals surface area (Å²) in [6.07, 6.45) is 0. The average molecular weight is 200 g/mol. The molecule has 0 saturated heterocycles. The van der Waals surface area contributed by atoms with E-state index in [2.05, 4.69) is 0 Å². The Labute approximate surface area is 77.1 Å². The summed E-state index contributed by atoms with van der Waals surface area (Å²) >= 11 is 0. The van der Waals surface area contributed by atoms with E-state index in [0.717, 1.165) is 0 Å². The molecule has 0 spiro atoms. The SMILES string of the molecule is Cc1ccc(C[NH])cc1S(=O)(=O)O. The van der Waals surface area contributed by atoms with Crippen LogP contribution in [0.25, 0.3) is 0 Å². The molecule has 71 valence electrons. The highest BCUT2D eigenvalue weighted by Gasteiger charge is 2.12. The van der Waals surface area contributed by atoms with Crippen molar-refractivity contribution in [3.8, 4) is 0 Å². The molecular formula is C8H10NO3S. The van der Waals surface area contributed by atoms with Gasteiger partial charge in [0, 0.05) is 6.54 Å². The van der Waals surface area contributed by atoms with Crippen molar-refractivity contribution < 1.29 is 13.0 Å². The van der Waals surface area contributed by atoms with Crippen LogP contribution in [0.4, 0.5) is 0 Å². The third-order valence-corrected chi connectivity index (χ3v) is 2.73. The summed E-state index contributed by atoms with van der Waals surface area (Å²) in [6.45, 7) is 1.60. The van der Waals surface area contributed by atoms with E-state index in [-0.39, 0.29) is 11.4 Å². The van der Waals surface area contributed by atoms with Gasteiger partial charge < -0.3 is 0 Å². The van der Waals surface area contributed by atoms with E-state index in [1.54, 1.807) is 19.1 Å². The van der Waals surface area contributed by atoms with E-state index >= 15 is 0 Å². The Hall–Kier alpha value is -0.910. The molecule has 0 saturated carbocycles. The standard InChI is InChI=1S/C8H10NO3S/c1-6-2-3-7(5-9)4-8(6)13(10,11)12/h2-4,9H,5H2,1H3,(H,10,11,12). The molecule has 1 aromatic rings. The molecule has 0 aliphatic carbocycles. The van der Waals surface area contributed by atoms with Crippen LogP contribution < -0.4 is 5.73 Å². The van der Waals surface area contributed by atoms with Gasteiger partial charge in [-0.15, -0.1) is 0 Å². The Balaban J connectivity index is 3.36. The maximum absolute atomic E-state index is 10.8. The first-order valence-electron chi connectivity index (χ1n) is 3.67. The number of nitrogens with one attached hydrogen (secondary N) is 1. The predicted octanol–water partition coefficient (Wildman–Crippen LogP) is 1.02. The minimum absolute atomic E-state index is 0.00278. The highest BCUT2D eigenvalue weighted by atomic mass is 32.2. The second kappa shape index (κ2) is 3.45. The van der Waals surface area contributed by atoms with Crippen LogP contribution in [0.2, 0.25) is 0 Å². The van der Waals surface area contributed by atoms with Crippen molar-refractivity contribution in [3.05, 3.63) is 29.3 Å². The molecule has 0 heterocycles. The van der Waals surface area contributed by atoms with Gasteiger partial charge >= 0.3 is 0 Å². The summed E-state index contributed by atoms with van der Waals surface area (Å²) in [5.74, 6) is 0. The van der Waals surface area contributed by atoms with Gasteiger partial charge in [-0.3, -0.25) is 10.3 Å². The molecule has 2 N–H and O–H groups in total. The van der Waals surface area contributed by atoms with Crippen molar-refractivity contribution in [2.24, 2.45) is 0 Å². The average Bonchev–Trinajstić information content (AvgIpc) is 2.03. The van der Waals surface area contributed by atoms with Crippen LogP contribution in [0.1, 0.15) is 11.1 Å². The maximum Gasteiger partial charge on any atom is 0.294 e. The molecule has 0 aliphatic rings. The van der Waals surface area contributed by atoms with Crippen LogP contribution in [0.15, 0.2) is 23.1 Å². The molecule has 4 nitrogen and oxygen atoms in total. The van der Waals surface area contributed by atoms with Crippen molar-refractivity contribution in [1.82, 2.24) is 5.73 Å². The predicted molar refractivity (Wildman–Crippen MR) is 47.8 cm³/mol. The van der Waals surface area contributed by atoms with E-state index in [4.69, 9.17) is 10.3 Å². The molecule has 0 aliphatic heterocycles. The van der Waals surface area contributed by atoms with Gasteiger partial charge in [0.2, 0.25) is 0 Å². The Morgan fingerprint density at radius 1 is 1.46 bits per heavy atom. The lowest BCUT2D eigenvalue weighted by Gasteiger charge is -2.03. The van der Waals surface area contributed by atoms with Gasteiger partial charge in [0.25, 0.3) is 10.1 Å². The summed E-state index contributed by atoms with van der Waals surface area (Å²) in [6, 6.07) is 4.56. The minimum atomic E-state index is -4.15. The van der Waals surface area contributed by atoms with Crippen molar-refractivity contribution in [1.29, 1.82) is 0 Å². The highest BCUT2D eigenvalue weighted by molar-refractivity contribution is 7.85. The van der Waals surface area contributed by atoms with Crippen molar-refractivity contribution >= 4 is 10.1 Å². The molecule has 0 atom stereocenters. The third kappa shape index (κ3) is 2.27.